The molecular weight excluding hydrogens is 366 g/mol. The molecule has 0 saturated carbocycles. The van der Waals surface area contributed by atoms with E-state index < -0.39 is 0 Å². The van der Waals surface area contributed by atoms with E-state index in [0.29, 0.717) is 15.7 Å². The highest BCUT2D eigenvalue weighted by atomic mass is 35.5. The van der Waals surface area contributed by atoms with E-state index in [2.05, 4.69) is 39.8 Å². The van der Waals surface area contributed by atoms with E-state index in [1.54, 1.807) is 24.3 Å². The number of likely N-dealkylation sites (tertiary alicyclic amines) is 1. The van der Waals surface area contributed by atoms with Crippen LogP contribution >= 0.6 is 23.8 Å². The molecule has 136 valence electrons. The third-order valence-corrected chi connectivity index (χ3v) is 5.07. The van der Waals surface area contributed by atoms with E-state index >= 15 is 0 Å². The number of thiocarbonyl (C=S) groups is 1. The summed E-state index contributed by atoms with van der Waals surface area (Å²) in [5.74, 6) is -0.283. The molecule has 3 rings (SSSR count). The smallest absolute Gasteiger partial charge is 0.258 e. The molecule has 0 atom stereocenters. The van der Waals surface area contributed by atoms with Gasteiger partial charge in [-0.1, -0.05) is 54.1 Å². The molecule has 1 aliphatic heterocycles. The lowest BCUT2D eigenvalue weighted by atomic mass is 10.0. The second-order valence-corrected chi connectivity index (χ2v) is 7.26. The van der Waals surface area contributed by atoms with Crippen LogP contribution < -0.4 is 10.6 Å². The third kappa shape index (κ3) is 5.27. The highest BCUT2D eigenvalue weighted by Crippen LogP contribution is 2.15. The lowest BCUT2D eigenvalue weighted by Gasteiger charge is -2.32. The zero-order valence-electron chi connectivity index (χ0n) is 14.5. The monoisotopic (exact) mass is 387 g/mol. The molecule has 0 unspecified atom stereocenters. The molecule has 0 radical (unpaired) electrons. The first-order valence-electron chi connectivity index (χ1n) is 8.74. The number of nitrogens with zero attached hydrogens (tertiary/aromatic N) is 1. The molecule has 2 N–H and O–H groups in total. The van der Waals surface area contributed by atoms with Gasteiger partial charge in [0.25, 0.3) is 5.91 Å². The highest BCUT2D eigenvalue weighted by Gasteiger charge is 2.20. The molecule has 1 saturated heterocycles. The molecule has 1 heterocycles. The van der Waals surface area contributed by atoms with Crippen LogP contribution in [-0.4, -0.2) is 35.1 Å². The van der Waals surface area contributed by atoms with Gasteiger partial charge in [0.05, 0.1) is 10.6 Å². The maximum atomic E-state index is 12.2. The predicted molar refractivity (Wildman–Crippen MR) is 109 cm³/mol. The van der Waals surface area contributed by atoms with Crippen molar-refractivity contribution in [3.8, 4) is 0 Å². The number of benzene rings is 2. The van der Waals surface area contributed by atoms with Gasteiger partial charge >= 0.3 is 0 Å². The minimum Gasteiger partial charge on any atom is -0.360 e. The van der Waals surface area contributed by atoms with Crippen LogP contribution in [0, 0.1) is 0 Å². The fourth-order valence-corrected chi connectivity index (χ4v) is 3.60. The Morgan fingerprint density at radius 2 is 1.73 bits per heavy atom. The molecule has 4 nitrogen and oxygen atoms in total. The first kappa shape index (κ1) is 18.8. The molecule has 0 aliphatic carbocycles. The predicted octanol–water partition coefficient (Wildman–Crippen LogP) is 3.61. The van der Waals surface area contributed by atoms with E-state index in [9.17, 15) is 4.79 Å². The third-order valence-electron chi connectivity index (χ3n) is 4.52. The Balaban J connectivity index is 1.43. The summed E-state index contributed by atoms with van der Waals surface area (Å²) in [6.07, 6.45) is 1.99. The molecule has 1 amide bonds. The van der Waals surface area contributed by atoms with Gasteiger partial charge in [-0.2, -0.15) is 0 Å². The number of piperidine rings is 1. The number of carbonyl (C=O) groups is 1. The summed E-state index contributed by atoms with van der Waals surface area (Å²) in [4.78, 5) is 14.7. The number of carbonyl (C=O) groups excluding carboxylic acids is 1. The fraction of sp³-hybridized carbons (Fsp3) is 0.300. The van der Waals surface area contributed by atoms with Crippen molar-refractivity contribution in [2.45, 2.75) is 25.4 Å². The van der Waals surface area contributed by atoms with E-state index in [-0.39, 0.29) is 11.9 Å². The Morgan fingerprint density at radius 3 is 2.42 bits per heavy atom. The number of hydrogen-bond donors (Lipinski definition) is 2. The van der Waals surface area contributed by atoms with Crippen molar-refractivity contribution in [2.75, 3.05) is 13.1 Å². The van der Waals surface area contributed by atoms with Gasteiger partial charge in [0.2, 0.25) is 0 Å². The molecular formula is C20H22ClN3OS. The lowest BCUT2D eigenvalue weighted by molar-refractivity contribution is 0.0976. The number of rotatable bonds is 4. The number of hydrogen-bond acceptors (Lipinski definition) is 3. The van der Waals surface area contributed by atoms with E-state index in [1.807, 2.05) is 6.07 Å². The molecule has 0 aromatic heterocycles. The molecule has 26 heavy (non-hydrogen) atoms. The maximum absolute atomic E-state index is 12.2. The Bertz CT molecular complexity index is 761. The van der Waals surface area contributed by atoms with Crippen LogP contribution in [0.2, 0.25) is 5.02 Å². The molecule has 0 bridgehead atoms. The maximum Gasteiger partial charge on any atom is 0.258 e. The largest absolute Gasteiger partial charge is 0.360 e. The Kier molecular flexibility index (Phi) is 6.61. The Hall–Kier alpha value is -1.95. The van der Waals surface area contributed by atoms with Gasteiger partial charge in [-0.3, -0.25) is 15.0 Å². The van der Waals surface area contributed by atoms with Crippen molar-refractivity contribution in [2.24, 2.45) is 0 Å². The number of amides is 1. The molecule has 2 aromatic carbocycles. The zero-order valence-corrected chi connectivity index (χ0v) is 16.0. The van der Waals surface area contributed by atoms with Gasteiger partial charge in [-0.15, -0.1) is 0 Å². The van der Waals surface area contributed by atoms with Gasteiger partial charge in [-0.25, -0.2) is 0 Å². The summed E-state index contributed by atoms with van der Waals surface area (Å²) in [5.41, 5.74) is 1.76. The van der Waals surface area contributed by atoms with Crippen LogP contribution in [-0.2, 0) is 6.54 Å². The van der Waals surface area contributed by atoms with Crippen LogP contribution in [0.25, 0.3) is 0 Å². The minimum atomic E-state index is -0.283. The molecule has 0 spiro atoms. The topological polar surface area (TPSA) is 44.4 Å². The average molecular weight is 388 g/mol. The fourth-order valence-electron chi connectivity index (χ4n) is 3.11. The van der Waals surface area contributed by atoms with Crippen LogP contribution in [0.1, 0.15) is 28.8 Å². The zero-order chi connectivity index (χ0) is 18.4. The van der Waals surface area contributed by atoms with Crippen molar-refractivity contribution in [3.63, 3.8) is 0 Å². The molecule has 1 fully saturated rings. The first-order valence-corrected chi connectivity index (χ1v) is 9.53. The standard InChI is InChI=1S/C20H22ClN3OS/c21-18-9-5-4-8-17(18)19(25)23-20(26)22-16-10-12-24(13-11-16)14-15-6-2-1-3-7-15/h1-9,16H,10-14H2,(H2,22,23,25,26). The summed E-state index contributed by atoms with van der Waals surface area (Å²) < 4.78 is 0. The van der Waals surface area contributed by atoms with Crippen LogP contribution in [0.15, 0.2) is 54.6 Å². The molecule has 2 aromatic rings. The first-order chi connectivity index (χ1) is 12.6. The van der Waals surface area contributed by atoms with Crippen LogP contribution in [0.3, 0.4) is 0 Å². The van der Waals surface area contributed by atoms with Crippen molar-refractivity contribution >= 4 is 34.8 Å². The van der Waals surface area contributed by atoms with E-state index in [4.69, 9.17) is 23.8 Å². The minimum absolute atomic E-state index is 0.279. The normalized spacial score (nSPS) is 15.4. The molecule has 1 aliphatic rings. The number of nitrogens with one attached hydrogen (secondary N) is 2. The van der Waals surface area contributed by atoms with Gasteiger partial charge in [0.15, 0.2) is 5.11 Å². The number of halogens is 1. The Morgan fingerprint density at radius 1 is 1.08 bits per heavy atom. The van der Waals surface area contributed by atoms with Gasteiger partial charge in [0, 0.05) is 25.7 Å². The molecule has 6 heteroatoms. The summed E-state index contributed by atoms with van der Waals surface area (Å²) >= 11 is 11.3. The van der Waals surface area contributed by atoms with Crippen molar-refractivity contribution in [1.82, 2.24) is 15.5 Å². The van der Waals surface area contributed by atoms with Gasteiger partial charge in [0.1, 0.15) is 0 Å². The second-order valence-electron chi connectivity index (χ2n) is 6.44. The lowest BCUT2D eigenvalue weighted by Crippen LogP contribution is -2.48. The van der Waals surface area contributed by atoms with Crippen LogP contribution in [0.4, 0.5) is 0 Å². The second kappa shape index (κ2) is 9.12. The van der Waals surface area contributed by atoms with E-state index in [1.165, 1.54) is 5.56 Å². The van der Waals surface area contributed by atoms with Crippen molar-refractivity contribution < 1.29 is 4.79 Å². The Labute approximate surface area is 164 Å². The summed E-state index contributed by atoms with van der Waals surface area (Å²) in [5, 5.41) is 6.75. The summed E-state index contributed by atoms with van der Waals surface area (Å²) in [6.45, 7) is 2.99. The quantitative estimate of drug-likeness (QED) is 0.786. The average Bonchev–Trinajstić information content (AvgIpc) is 2.64. The van der Waals surface area contributed by atoms with Crippen LogP contribution in [0.5, 0.6) is 0 Å². The summed E-state index contributed by atoms with van der Waals surface area (Å²) in [6, 6.07) is 17.7. The van der Waals surface area contributed by atoms with Crippen molar-refractivity contribution in [1.29, 1.82) is 0 Å². The van der Waals surface area contributed by atoms with Gasteiger partial charge in [-0.05, 0) is 42.8 Å². The summed E-state index contributed by atoms with van der Waals surface area (Å²) in [7, 11) is 0. The van der Waals surface area contributed by atoms with Crippen molar-refractivity contribution in [3.05, 3.63) is 70.7 Å². The SMILES string of the molecule is O=C(NC(=S)NC1CCN(Cc2ccccc2)CC1)c1ccccc1Cl. The van der Waals surface area contributed by atoms with Gasteiger partial charge < -0.3 is 5.32 Å². The van der Waals surface area contributed by atoms with E-state index in [0.717, 1.165) is 32.5 Å². The highest BCUT2D eigenvalue weighted by molar-refractivity contribution is 7.80.